The van der Waals surface area contributed by atoms with Crippen LogP contribution in [0.25, 0.3) is 10.9 Å². The minimum Gasteiger partial charge on any atom is -0.491 e. The number of ether oxygens (including phenoxy) is 1. The quantitative estimate of drug-likeness (QED) is 0.748. The zero-order valence-electron chi connectivity index (χ0n) is 14.5. The van der Waals surface area contributed by atoms with Crippen LogP contribution >= 0.6 is 0 Å². The van der Waals surface area contributed by atoms with Crippen LogP contribution in [0.4, 0.5) is 0 Å². The molecule has 2 aromatic carbocycles. The Hall–Kier alpha value is -2.88. The number of fused-ring (bicyclic) bond motifs is 1. The molecule has 4 nitrogen and oxygen atoms in total. The lowest BCUT2D eigenvalue weighted by molar-refractivity contribution is -0.121. The average molecular weight is 334 g/mol. The van der Waals surface area contributed by atoms with E-state index >= 15 is 0 Å². The van der Waals surface area contributed by atoms with Gasteiger partial charge in [-0.25, -0.2) is 0 Å². The van der Waals surface area contributed by atoms with Gasteiger partial charge in [0.1, 0.15) is 12.4 Å². The molecule has 3 rings (SSSR count). The maximum atomic E-state index is 12.3. The van der Waals surface area contributed by atoms with E-state index < -0.39 is 0 Å². The van der Waals surface area contributed by atoms with E-state index in [1.165, 1.54) is 0 Å². The molecule has 1 amide bonds. The number of carbonyl (C=O) groups is 1. The van der Waals surface area contributed by atoms with Crippen molar-refractivity contribution in [1.82, 2.24) is 10.3 Å². The van der Waals surface area contributed by atoms with Crippen LogP contribution in [0.15, 0.2) is 60.8 Å². The number of nitrogens with zero attached hydrogens (tertiary/aromatic N) is 1. The number of rotatable bonds is 6. The van der Waals surface area contributed by atoms with E-state index in [4.69, 9.17) is 4.74 Å². The normalized spacial score (nSPS) is 11.9. The minimum absolute atomic E-state index is 0.0292. The van der Waals surface area contributed by atoms with Crippen LogP contribution in [0.1, 0.15) is 18.1 Å². The van der Waals surface area contributed by atoms with E-state index in [1.807, 2.05) is 68.4 Å². The molecular formula is C21H22N2O2. The number of nitrogens with one attached hydrogen (secondary N) is 1. The highest BCUT2D eigenvalue weighted by atomic mass is 16.5. The van der Waals surface area contributed by atoms with Crippen LogP contribution in [0, 0.1) is 6.92 Å². The summed E-state index contributed by atoms with van der Waals surface area (Å²) in [5, 5.41) is 4.03. The standard InChI is InChI=1S/C21H22N2O2/c1-15-6-3-10-19(12-15)25-14-16(2)23-20(24)13-18-8-4-7-17-9-5-11-22-21(17)18/h3-12,16H,13-14H2,1-2H3,(H,23,24). The largest absolute Gasteiger partial charge is 0.491 e. The Morgan fingerprint density at radius 1 is 1.16 bits per heavy atom. The van der Waals surface area contributed by atoms with Crippen molar-refractivity contribution in [2.75, 3.05) is 6.61 Å². The molecule has 0 spiro atoms. The van der Waals surface area contributed by atoms with Crippen molar-refractivity contribution < 1.29 is 9.53 Å². The van der Waals surface area contributed by atoms with Gasteiger partial charge in [0, 0.05) is 11.6 Å². The van der Waals surface area contributed by atoms with E-state index in [1.54, 1.807) is 6.20 Å². The Labute approximate surface area is 147 Å². The Morgan fingerprint density at radius 2 is 1.96 bits per heavy atom. The van der Waals surface area contributed by atoms with Crippen molar-refractivity contribution in [3.8, 4) is 5.75 Å². The van der Waals surface area contributed by atoms with Gasteiger partial charge in [-0.2, -0.15) is 0 Å². The molecule has 0 aliphatic rings. The fourth-order valence-corrected chi connectivity index (χ4v) is 2.78. The maximum absolute atomic E-state index is 12.3. The molecule has 1 N–H and O–H groups in total. The van der Waals surface area contributed by atoms with E-state index in [0.717, 1.165) is 27.8 Å². The van der Waals surface area contributed by atoms with Gasteiger partial charge in [0.2, 0.25) is 5.91 Å². The van der Waals surface area contributed by atoms with Gasteiger partial charge in [0.25, 0.3) is 0 Å². The Kier molecular flexibility index (Phi) is 5.29. The third-order valence-electron chi connectivity index (χ3n) is 3.96. The highest BCUT2D eigenvalue weighted by Gasteiger charge is 2.11. The van der Waals surface area contributed by atoms with Gasteiger partial charge in [0.05, 0.1) is 18.0 Å². The number of benzene rings is 2. The molecule has 1 aromatic heterocycles. The molecule has 25 heavy (non-hydrogen) atoms. The Bertz CT molecular complexity index is 871. The van der Waals surface area contributed by atoms with Gasteiger partial charge in [0.15, 0.2) is 0 Å². The predicted octanol–water partition coefficient (Wildman–Crippen LogP) is 3.67. The summed E-state index contributed by atoms with van der Waals surface area (Å²) in [5.74, 6) is 0.790. The molecule has 0 saturated heterocycles. The van der Waals surface area contributed by atoms with Crippen LogP contribution in [-0.2, 0) is 11.2 Å². The van der Waals surface area contributed by atoms with Crippen molar-refractivity contribution in [2.24, 2.45) is 0 Å². The lowest BCUT2D eigenvalue weighted by atomic mass is 10.1. The molecule has 0 fully saturated rings. The second kappa shape index (κ2) is 7.79. The summed E-state index contributed by atoms with van der Waals surface area (Å²) < 4.78 is 5.74. The molecule has 4 heteroatoms. The molecule has 3 aromatic rings. The van der Waals surface area contributed by atoms with Gasteiger partial charge in [-0.05, 0) is 43.2 Å². The third-order valence-corrected chi connectivity index (χ3v) is 3.96. The molecule has 0 saturated carbocycles. The van der Waals surface area contributed by atoms with Gasteiger partial charge in [-0.3, -0.25) is 9.78 Å². The fourth-order valence-electron chi connectivity index (χ4n) is 2.78. The van der Waals surface area contributed by atoms with Gasteiger partial charge in [-0.15, -0.1) is 0 Å². The zero-order chi connectivity index (χ0) is 17.6. The van der Waals surface area contributed by atoms with Crippen LogP contribution in [0.5, 0.6) is 5.75 Å². The highest BCUT2D eigenvalue weighted by molar-refractivity contribution is 5.87. The van der Waals surface area contributed by atoms with Crippen LogP contribution < -0.4 is 10.1 Å². The molecule has 1 unspecified atom stereocenters. The summed E-state index contributed by atoms with van der Waals surface area (Å²) in [5.41, 5.74) is 2.96. The van der Waals surface area contributed by atoms with Gasteiger partial charge < -0.3 is 10.1 Å². The number of aromatic nitrogens is 1. The molecule has 0 bridgehead atoms. The zero-order valence-corrected chi connectivity index (χ0v) is 14.5. The van der Waals surface area contributed by atoms with Crippen molar-refractivity contribution in [1.29, 1.82) is 0 Å². The third kappa shape index (κ3) is 4.57. The highest BCUT2D eigenvalue weighted by Crippen LogP contribution is 2.16. The molecule has 1 atom stereocenters. The smallest absolute Gasteiger partial charge is 0.224 e. The fraction of sp³-hybridized carbons (Fsp3) is 0.238. The Morgan fingerprint density at radius 3 is 2.80 bits per heavy atom. The van der Waals surface area contributed by atoms with Gasteiger partial charge in [-0.1, -0.05) is 36.4 Å². The maximum Gasteiger partial charge on any atom is 0.224 e. The number of carbonyl (C=O) groups excluding carboxylic acids is 1. The number of hydrogen-bond donors (Lipinski definition) is 1. The predicted molar refractivity (Wildman–Crippen MR) is 99.7 cm³/mol. The molecule has 128 valence electrons. The van der Waals surface area contributed by atoms with Crippen molar-refractivity contribution in [2.45, 2.75) is 26.3 Å². The Balaban J connectivity index is 1.56. The summed E-state index contributed by atoms with van der Waals surface area (Å²) in [4.78, 5) is 16.7. The second-order valence-electron chi connectivity index (χ2n) is 6.27. The number of hydrogen-bond acceptors (Lipinski definition) is 3. The summed E-state index contributed by atoms with van der Waals surface area (Å²) in [6.45, 7) is 4.40. The minimum atomic E-state index is -0.0732. The van der Waals surface area contributed by atoms with Crippen molar-refractivity contribution in [3.05, 3.63) is 71.9 Å². The first-order valence-electron chi connectivity index (χ1n) is 8.43. The number of amides is 1. The lowest BCUT2D eigenvalue weighted by Gasteiger charge is -2.15. The lowest BCUT2D eigenvalue weighted by Crippen LogP contribution is -2.37. The second-order valence-corrected chi connectivity index (χ2v) is 6.27. The van der Waals surface area contributed by atoms with Crippen molar-refractivity contribution >= 4 is 16.8 Å². The molecule has 1 heterocycles. The van der Waals surface area contributed by atoms with Gasteiger partial charge >= 0.3 is 0 Å². The summed E-state index contributed by atoms with van der Waals surface area (Å²) >= 11 is 0. The summed E-state index contributed by atoms with van der Waals surface area (Å²) in [6.07, 6.45) is 2.06. The van der Waals surface area contributed by atoms with E-state index in [9.17, 15) is 4.79 Å². The first kappa shape index (κ1) is 17.0. The van der Waals surface area contributed by atoms with E-state index in [-0.39, 0.29) is 11.9 Å². The number of pyridine rings is 1. The van der Waals surface area contributed by atoms with Crippen LogP contribution in [0.3, 0.4) is 0 Å². The number of aryl methyl sites for hydroxylation is 1. The molecule has 0 aliphatic heterocycles. The SMILES string of the molecule is Cc1cccc(OCC(C)NC(=O)Cc2cccc3cccnc23)c1. The van der Waals surface area contributed by atoms with Crippen LogP contribution in [0.2, 0.25) is 0 Å². The molecule has 0 radical (unpaired) electrons. The summed E-state index contributed by atoms with van der Waals surface area (Å²) in [6, 6.07) is 17.6. The average Bonchev–Trinajstić information content (AvgIpc) is 2.60. The topological polar surface area (TPSA) is 51.2 Å². The van der Waals surface area contributed by atoms with E-state index in [0.29, 0.717) is 13.0 Å². The summed E-state index contributed by atoms with van der Waals surface area (Å²) in [7, 11) is 0. The first-order chi connectivity index (χ1) is 12.1. The molecular weight excluding hydrogens is 312 g/mol. The van der Waals surface area contributed by atoms with E-state index in [2.05, 4.69) is 10.3 Å². The molecule has 0 aliphatic carbocycles. The monoisotopic (exact) mass is 334 g/mol. The number of para-hydroxylation sites is 1. The van der Waals surface area contributed by atoms with Crippen LogP contribution in [-0.4, -0.2) is 23.5 Å². The first-order valence-corrected chi connectivity index (χ1v) is 8.43. The van der Waals surface area contributed by atoms with Crippen molar-refractivity contribution in [3.63, 3.8) is 0 Å².